The molecule has 0 radical (unpaired) electrons. The molecule has 2 N–H and O–H groups in total. The van der Waals surface area contributed by atoms with Crippen LogP contribution in [0.3, 0.4) is 0 Å². The maximum atomic E-state index is 12.6. The smallest absolute Gasteiger partial charge is 0.256 e. The lowest BCUT2D eigenvalue weighted by Crippen LogP contribution is -2.42. The van der Waals surface area contributed by atoms with Gasteiger partial charge >= 0.3 is 0 Å². The molecular formula is C19H22N4O2. The molecule has 2 heterocycles. The van der Waals surface area contributed by atoms with Gasteiger partial charge in [-0.15, -0.1) is 0 Å². The lowest BCUT2D eigenvalue weighted by atomic mass is 9.89. The van der Waals surface area contributed by atoms with Crippen LogP contribution in [0.4, 0.5) is 11.6 Å². The van der Waals surface area contributed by atoms with Crippen molar-refractivity contribution in [2.24, 2.45) is 5.92 Å². The summed E-state index contributed by atoms with van der Waals surface area (Å²) in [6, 6.07) is 9.67. The number of nitrogens with zero attached hydrogens (tertiary/aromatic N) is 3. The van der Waals surface area contributed by atoms with E-state index in [1.807, 2.05) is 35.2 Å². The third kappa shape index (κ3) is 3.49. The van der Waals surface area contributed by atoms with Crippen molar-refractivity contribution in [1.82, 2.24) is 14.9 Å². The van der Waals surface area contributed by atoms with Gasteiger partial charge in [-0.2, -0.15) is 0 Å². The number of amides is 1. The average Bonchev–Trinajstić information content (AvgIpc) is 3.42. The van der Waals surface area contributed by atoms with Crippen molar-refractivity contribution in [3.05, 3.63) is 48.3 Å². The molecule has 0 unspecified atom stereocenters. The molecule has 2 fully saturated rings. The highest BCUT2D eigenvalue weighted by atomic mass is 16.3. The van der Waals surface area contributed by atoms with Crippen molar-refractivity contribution >= 4 is 17.5 Å². The second-order valence-corrected chi connectivity index (χ2v) is 6.96. The van der Waals surface area contributed by atoms with Crippen LogP contribution >= 0.6 is 0 Å². The van der Waals surface area contributed by atoms with Crippen molar-refractivity contribution in [1.29, 1.82) is 0 Å². The molecule has 6 heteroatoms. The highest BCUT2D eigenvalue weighted by Crippen LogP contribution is 2.46. The van der Waals surface area contributed by atoms with Crippen LogP contribution < -0.4 is 5.32 Å². The summed E-state index contributed by atoms with van der Waals surface area (Å²) in [4.78, 5) is 22.9. The number of carbonyl (C=O) groups is 1. The number of benzene rings is 1. The Kier molecular flexibility index (Phi) is 4.13. The molecule has 1 aliphatic carbocycles. The van der Waals surface area contributed by atoms with Gasteiger partial charge in [-0.05, 0) is 43.7 Å². The molecular weight excluding hydrogens is 316 g/mol. The SMILES string of the molecule is O=C(c1cnc(Nc2ccccc2)nc1)N1CCC(C2(O)CC2)CC1. The molecule has 1 saturated carbocycles. The highest BCUT2D eigenvalue weighted by Gasteiger charge is 2.48. The Balaban J connectivity index is 1.36. The summed E-state index contributed by atoms with van der Waals surface area (Å²) in [6.45, 7) is 1.38. The number of rotatable bonds is 4. The van der Waals surface area contributed by atoms with Gasteiger partial charge in [0.05, 0.1) is 11.2 Å². The fraction of sp³-hybridized carbons (Fsp3) is 0.421. The molecule has 0 bridgehead atoms. The lowest BCUT2D eigenvalue weighted by molar-refractivity contribution is 0.0340. The second-order valence-electron chi connectivity index (χ2n) is 6.96. The van der Waals surface area contributed by atoms with Gasteiger partial charge in [0.25, 0.3) is 5.91 Å². The van der Waals surface area contributed by atoms with Gasteiger partial charge in [-0.3, -0.25) is 4.79 Å². The summed E-state index contributed by atoms with van der Waals surface area (Å²) in [6.07, 6.45) is 6.71. The normalized spacial score (nSPS) is 19.5. The molecule has 2 aromatic rings. The van der Waals surface area contributed by atoms with Crippen LogP contribution in [-0.4, -0.2) is 44.6 Å². The Morgan fingerprint density at radius 1 is 1.12 bits per heavy atom. The Morgan fingerprint density at radius 3 is 2.36 bits per heavy atom. The minimum Gasteiger partial charge on any atom is -0.390 e. The zero-order valence-electron chi connectivity index (χ0n) is 14.1. The third-order valence-corrected chi connectivity index (χ3v) is 5.23. The number of aliphatic hydroxyl groups is 1. The van der Waals surface area contributed by atoms with E-state index in [1.165, 1.54) is 0 Å². The van der Waals surface area contributed by atoms with Crippen LogP contribution in [0.25, 0.3) is 0 Å². The molecule has 1 saturated heterocycles. The number of carbonyl (C=O) groups excluding carboxylic acids is 1. The monoisotopic (exact) mass is 338 g/mol. The third-order valence-electron chi connectivity index (χ3n) is 5.23. The van der Waals surface area contributed by atoms with Crippen LogP contribution in [0.15, 0.2) is 42.7 Å². The fourth-order valence-electron chi connectivity index (χ4n) is 3.49. The van der Waals surface area contributed by atoms with Crippen molar-refractivity contribution in [3.8, 4) is 0 Å². The van der Waals surface area contributed by atoms with Gasteiger partial charge in [0, 0.05) is 31.2 Å². The van der Waals surface area contributed by atoms with Crippen molar-refractivity contribution in [2.75, 3.05) is 18.4 Å². The molecule has 1 aliphatic heterocycles. The van der Waals surface area contributed by atoms with E-state index in [-0.39, 0.29) is 5.91 Å². The van der Waals surface area contributed by atoms with E-state index < -0.39 is 5.60 Å². The van der Waals surface area contributed by atoms with Crippen molar-refractivity contribution < 1.29 is 9.90 Å². The lowest BCUT2D eigenvalue weighted by Gasteiger charge is -2.34. The van der Waals surface area contributed by atoms with Crippen LogP contribution in [0, 0.1) is 5.92 Å². The van der Waals surface area contributed by atoms with Gasteiger partial charge in [0.1, 0.15) is 0 Å². The number of nitrogens with one attached hydrogen (secondary N) is 1. The molecule has 130 valence electrons. The maximum absolute atomic E-state index is 12.6. The molecule has 2 aliphatic rings. The topological polar surface area (TPSA) is 78.4 Å². The van der Waals surface area contributed by atoms with Crippen LogP contribution in [0.2, 0.25) is 0 Å². The number of hydrogen-bond donors (Lipinski definition) is 2. The Hall–Kier alpha value is -2.47. The van der Waals surface area contributed by atoms with Gasteiger partial charge in [0.2, 0.25) is 5.95 Å². The van der Waals surface area contributed by atoms with Gasteiger partial charge in [-0.1, -0.05) is 18.2 Å². The van der Waals surface area contributed by atoms with Gasteiger partial charge in [-0.25, -0.2) is 9.97 Å². The molecule has 4 rings (SSSR count). The summed E-state index contributed by atoms with van der Waals surface area (Å²) < 4.78 is 0. The van der Waals surface area contributed by atoms with E-state index in [4.69, 9.17) is 0 Å². The molecule has 25 heavy (non-hydrogen) atoms. The van der Waals surface area contributed by atoms with E-state index in [2.05, 4.69) is 15.3 Å². The predicted molar refractivity (Wildman–Crippen MR) is 94.6 cm³/mol. The first kappa shape index (κ1) is 16.0. The number of piperidine rings is 1. The zero-order chi connectivity index (χ0) is 17.3. The molecule has 0 spiro atoms. The van der Waals surface area contributed by atoms with E-state index in [0.29, 0.717) is 30.5 Å². The summed E-state index contributed by atoms with van der Waals surface area (Å²) in [5, 5.41) is 13.3. The van der Waals surface area contributed by atoms with Crippen LogP contribution in [0.5, 0.6) is 0 Å². The van der Waals surface area contributed by atoms with Gasteiger partial charge in [0.15, 0.2) is 0 Å². The summed E-state index contributed by atoms with van der Waals surface area (Å²) in [5.41, 5.74) is 0.965. The number of aromatic nitrogens is 2. The number of likely N-dealkylation sites (tertiary alicyclic amines) is 1. The first-order valence-electron chi connectivity index (χ1n) is 8.80. The quantitative estimate of drug-likeness (QED) is 0.896. The Morgan fingerprint density at radius 2 is 1.76 bits per heavy atom. The highest BCUT2D eigenvalue weighted by molar-refractivity contribution is 5.93. The number of para-hydroxylation sites is 1. The molecule has 6 nitrogen and oxygen atoms in total. The summed E-state index contributed by atoms with van der Waals surface area (Å²) in [5.74, 6) is 0.773. The van der Waals surface area contributed by atoms with Crippen LogP contribution in [-0.2, 0) is 0 Å². The Labute approximate surface area is 146 Å². The van der Waals surface area contributed by atoms with E-state index in [9.17, 15) is 9.90 Å². The number of anilines is 2. The van der Waals surface area contributed by atoms with E-state index >= 15 is 0 Å². The standard InChI is InChI=1S/C19H22N4O2/c24-17(23-10-6-15(7-11-23)19(25)8-9-19)14-12-20-18(21-13-14)22-16-4-2-1-3-5-16/h1-5,12-13,15,25H,6-11H2,(H,20,21,22). The minimum atomic E-state index is -0.441. The van der Waals surface area contributed by atoms with Crippen molar-refractivity contribution in [3.63, 3.8) is 0 Å². The molecule has 1 aromatic carbocycles. The maximum Gasteiger partial charge on any atom is 0.256 e. The first-order chi connectivity index (χ1) is 12.1. The fourth-order valence-corrected chi connectivity index (χ4v) is 3.49. The van der Waals surface area contributed by atoms with E-state index in [1.54, 1.807) is 12.4 Å². The Bertz CT molecular complexity index is 736. The van der Waals surface area contributed by atoms with Gasteiger partial charge < -0.3 is 15.3 Å². The first-order valence-corrected chi connectivity index (χ1v) is 8.80. The largest absolute Gasteiger partial charge is 0.390 e. The number of hydrogen-bond acceptors (Lipinski definition) is 5. The summed E-state index contributed by atoms with van der Waals surface area (Å²) >= 11 is 0. The van der Waals surface area contributed by atoms with E-state index in [0.717, 1.165) is 31.4 Å². The molecule has 1 amide bonds. The average molecular weight is 338 g/mol. The molecule has 1 aromatic heterocycles. The summed E-state index contributed by atoms with van der Waals surface area (Å²) in [7, 11) is 0. The minimum absolute atomic E-state index is 0.0347. The van der Waals surface area contributed by atoms with Crippen LogP contribution in [0.1, 0.15) is 36.0 Å². The van der Waals surface area contributed by atoms with Crippen molar-refractivity contribution in [2.45, 2.75) is 31.3 Å². The second kappa shape index (κ2) is 6.44. The molecule has 0 atom stereocenters. The predicted octanol–water partition coefficient (Wildman–Crippen LogP) is 2.60. The zero-order valence-corrected chi connectivity index (χ0v) is 14.1.